The first-order valence-electron chi connectivity index (χ1n) is 8.88. The van der Waals surface area contributed by atoms with Gasteiger partial charge < -0.3 is 10.2 Å². The lowest BCUT2D eigenvalue weighted by Gasteiger charge is -2.33. The van der Waals surface area contributed by atoms with Crippen molar-refractivity contribution in [1.82, 2.24) is 20.0 Å². The van der Waals surface area contributed by atoms with Gasteiger partial charge in [-0.15, -0.1) is 0 Å². The quantitative estimate of drug-likeness (QED) is 0.694. The van der Waals surface area contributed by atoms with Crippen LogP contribution >= 0.6 is 0 Å². The van der Waals surface area contributed by atoms with Gasteiger partial charge in [-0.25, -0.2) is 9.67 Å². The molecule has 1 fully saturated rings. The van der Waals surface area contributed by atoms with E-state index in [0.717, 1.165) is 37.2 Å². The molecule has 2 aromatic rings. The summed E-state index contributed by atoms with van der Waals surface area (Å²) in [5.74, 6) is 1.87. The van der Waals surface area contributed by atoms with Gasteiger partial charge in [-0.05, 0) is 49.4 Å². The number of likely N-dealkylation sites (tertiary alicyclic amines) is 1. The van der Waals surface area contributed by atoms with Gasteiger partial charge in [0.2, 0.25) is 0 Å². The van der Waals surface area contributed by atoms with E-state index in [1.54, 1.807) is 6.20 Å². The Morgan fingerprint density at radius 1 is 1.25 bits per heavy atom. The lowest BCUT2D eigenvalue weighted by molar-refractivity contribution is 0.273. The molecule has 1 aliphatic heterocycles. The Morgan fingerprint density at radius 2 is 2.00 bits per heavy atom. The first-order valence-corrected chi connectivity index (χ1v) is 8.88. The highest BCUT2D eigenvalue weighted by Crippen LogP contribution is 2.16. The summed E-state index contributed by atoms with van der Waals surface area (Å²) in [6.07, 6.45) is 6.25. The fraction of sp³-hybridized carbons (Fsp3) is 0.474. The van der Waals surface area contributed by atoms with Gasteiger partial charge in [0.25, 0.3) is 0 Å². The molecule has 0 bridgehead atoms. The fourth-order valence-corrected chi connectivity index (χ4v) is 2.99. The third-order valence-corrected chi connectivity index (χ3v) is 4.53. The molecular weight excluding hydrogens is 298 g/mol. The van der Waals surface area contributed by atoms with Crippen LogP contribution in [-0.4, -0.2) is 40.3 Å². The summed E-state index contributed by atoms with van der Waals surface area (Å²) in [5, 5.41) is 7.69. The molecule has 5 nitrogen and oxygen atoms in total. The van der Waals surface area contributed by atoms with Gasteiger partial charge in [0.1, 0.15) is 0 Å². The molecule has 0 unspecified atom stereocenters. The number of piperidine rings is 1. The molecular formula is C19H27N5. The molecule has 5 heteroatoms. The lowest BCUT2D eigenvalue weighted by Crippen LogP contribution is -2.45. The van der Waals surface area contributed by atoms with Crippen LogP contribution in [-0.2, 0) is 6.54 Å². The minimum absolute atomic E-state index is 0.702. The summed E-state index contributed by atoms with van der Waals surface area (Å²) >= 11 is 0. The lowest BCUT2D eigenvalue weighted by atomic mass is 10.00. The maximum atomic E-state index is 4.83. The summed E-state index contributed by atoms with van der Waals surface area (Å²) in [4.78, 5) is 7.22. The van der Waals surface area contributed by atoms with Gasteiger partial charge in [-0.2, -0.15) is 5.10 Å². The second-order valence-electron chi connectivity index (χ2n) is 6.46. The van der Waals surface area contributed by atoms with Crippen molar-refractivity contribution in [3.05, 3.63) is 48.3 Å². The zero-order valence-electron chi connectivity index (χ0n) is 14.7. The summed E-state index contributed by atoms with van der Waals surface area (Å²) < 4.78 is 1.87. The van der Waals surface area contributed by atoms with Gasteiger partial charge in [0.15, 0.2) is 5.96 Å². The molecule has 0 radical (unpaired) electrons. The Balaban J connectivity index is 1.65. The van der Waals surface area contributed by atoms with E-state index >= 15 is 0 Å². The molecule has 1 aromatic heterocycles. The van der Waals surface area contributed by atoms with E-state index in [-0.39, 0.29) is 0 Å². The van der Waals surface area contributed by atoms with Gasteiger partial charge >= 0.3 is 0 Å². The average molecular weight is 325 g/mol. The number of benzene rings is 1. The molecule has 2 heterocycles. The third kappa shape index (κ3) is 4.16. The number of nitrogens with zero attached hydrogens (tertiary/aromatic N) is 4. The second kappa shape index (κ2) is 7.99. The van der Waals surface area contributed by atoms with Gasteiger partial charge in [-0.1, -0.05) is 19.1 Å². The van der Waals surface area contributed by atoms with Crippen molar-refractivity contribution in [3.63, 3.8) is 0 Å². The van der Waals surface area contributed by atoms with Crippen LogP contribution in [0.15, 0.2) is 47.7 Å². The summed E-state index contributed by atoms with van der Waals surface area (Å²) in [6.45, 7) is 8.27. The Labute approximate surface area is 144 Å². The van der Waals surface area contributed by atoms with E-state index in [9.17, 15) is 0 Å². The summed E-state index contributed by atoms with van der Waals surface area (Å²) in [5.41, 5.74) is 2.29. The zero-order valence-corrected chi connectivity index (χ0v) is 14.7. The van der Waals surface area contributed by atoms with Crippen LogP contribution in [0.4, 0.5) is 0 Å². The fourth-order valence-electron chi connectivity index (χ4n) is 2.99. The maximum absolute atomic E-state index is 4.83. The predicted octanol–water partition coefficient (Wildman–Crippen LogP) is 3.07. The van der Waals surface area contributed by atoms with Crippen LogP contribution in [0.2, 0.25) is 0 Å². The minimum atomic E-state index is 0.702. The van der Waals surface area contributed by atoms with Crippen LogP contribution in [0, 0.1) is 5.92 Å². The van der Waals surface area contributed by atoms with Crippen molar-refractivity contribution in [2.75, 3.05) is 19.6 Å². The molecule has 0 spiro atoms. The van der Waals surface area contributed by atoms with Crippen molar-refractivity contribution in [1.29, 1.82) is 0 Å². The third-order valence-electron chi connectivity index (χ3n) is 4.53. The maximum Gasteiger partial charge on any atom is 0.194 e. The number of guanidine groups is 1. The molecule has 128 valence electrons. The van der Waals surface area contributed by atoms with Crippen molar-refractivity contribution in [3.8, 4) is 5.69 Å². The summed E-state index contributed by atoms with van der Waals surface area (Å²) in [7, 11) is 0. The zero-order chi connectivity index (χ0) is 16.8. The van der Waals surface area contributed by atoms with Crippen molar-refractivity contribution in [2.45, 2.75) is 33.2 Å². The number of nitrogens with one attached hydrogen (secondary N) is 1. The Kier molecular flexibility index (Phi) is 5.51. The Bertz CT molecular complexity index is 637. The molecule has 1 aromatic carbocycles. The van der Waals surface area contributed by atoms with Crippen molar-refractivity contribution < 1.29 is 0 Å². The van der Waals surface area contributed by atoms with E-state index in [1.165, 1.54) is 18.4 Å². The highest BCUT2D eigenvalue weighted by molar-refractivity contribution is 5.80. The molecule has 0 atom stereocenters. The van der Waals surface area contributed by atoms with Gasteiger partial charge in [0.05, 0.1) is 12.2 Å². The van der Waals surface area contributed by atoms with E-state index in [4.69, 9.17) is 4.99 Å². The summed E-state index contributed by atoms with van der Waals surface area (Å²) in [6, 6.07) is 10.4. The number of aliphatic imine (C=N–C) groups is 1. The Morgan fingerprint density at radius 3 is 2.62 bits per heavy atom. The van der Waals surface area contributed by atoms with E-state index < -0.39 is 0 Å². The smallest absolute Gasteiger partial charge is 0.194 e. The molecule has 24 heavy (non-hydrogen) atoms. The first-order chi connectivity index (χ1) is 11.8. The molecule has 0 aliphatic carbocycles. The molecule has 1 N–H and O–H groups in total. The topological polar surface area (TPSA) is 45.5 Å². The van der Waals surface area contributed by atoms with Crippen LogP contribution < -0.4 is 5.32 Å². The molecule has 1 aliphatic rings. The molecule has 0 saturated carbocycles. The van der Waals surface area contributed by atoms with Gasteiger partial charge in [0, 0.05) is 32.0 Å². The van der Waals surface area contributed by atoms with Gasteiger partial charge in [-0.3, -0.25) is 0 Å². The highest BCUT2D eigenvalue weighted by Gasteiger charge is 2.18. The molecule has 1 saturated heterocycles. The molecule has 0 amide bonds. The largest absolute Gasteiger partial charge is 0.357 e. The predicted molar refractivity (Wildman–Crippen MR) is 98.4 cm³/mol. The van der Waals surface area contributed by atoms with Crippen LogP contribution in [0.5, 0.6) is 0 Å². The van der Waals surface area contributed by atoms with Crippen LogP contribution in [0.25, 0.3) is 5.69 Å². The highest BCUT2D eigenvalue weighted by atomic mass is 15.3. The number of hydrogen-bond donors (Lipinski definition) is 1. The minimum Gasteiger partial charge on any atom is -0.357 e. The van der Waals surface area contributed by atoms with E-state index in [2.05, 4.69) is 53.4 Å². The normalized spacial score (nSPS) is 16.4. The second-order valence-corrected chi connectivity index (χ2v) is 6.46. The first kappa shape index (κ1) is 16.6. The van der Waals surface area contributed by atoms with Crippen molar-refractivity contribution >= 4 is 5.96 Å². The van der Waals surface area contributed by atoms with Crippen LogP contribution in [0.3, 0.4) is 0 Å². The monoisotopic (exact) mass is 325 g/mol. The molecule has 3 rings (SSSR count). The number of rotatable bonds is 4. The van der Waals surface area contributed by atoms with Crippen molar-refractivity contribution in [2.24, 2.45) is 10.9 Å². The number of aromatic nitrogens is 2. The Hall–Kier alpha value is -2.30. The van der Waals surface area contributed by atoms with E-state index in [1.807, 2.05) is 16.9 Å². The van der Waals surface area contributed by atoms with Crippen LogP contribution in [0.1, 0.15) is 32.3 Å². The average Bonchev–Trinajstić information content (AvgIpc) is 3.14. The van der Waals surface area contributed by atoms with E-state index in [0.29, 0.717) is 6.54 Å². The standard InChI is InChI=1S/C19H27N5/c1-3-20-19(23-13-9-16(2)10-14-23)21-15-17-5-7-18(8-6-17)24-12-4-11-22-24/h4-8,11-12,16H,3,9-10,13-15H2,1-2H3,(H,20,21). The SMILES string of the molecule is CCNC(=NCc1ccc(-n2cccn2)cc1)N1CCC(C)CC1. The number of hydrogen-bond acceptors (Lipinski definition) is 2.